The molecule has 1 heterocycles. The van der Waals surface area contributed by atoms with E-state index in [1.165, 1.54) is 0 Å². The summed E-state index contributed by atoms with van der Waals surface area (Å²) in [5.74, 6) is 0.249. The third-order valence-electron chi connectivity index (χ3n) is 3.80. The maximum Gasteiger partial charge on any atom is 0.222 e. The lowest BCUT2D eigenvalue weighted by molar-refractivity contribution is -0.133. The molecule has 0 saturated carbocycles. The number of rotatable bonds is 6. The number of hydrogen-bond donors (Lipinski definition) is 1. The van der Waals surface area contributed by atoms with E-state index in [1.54, 1.807) is 7.11 Å². The van der Waals surface area contributed by atoms with Gasteiger partial charge in [-0.3, -0.25) is 9.69 Å². The third kappa shape index (κ3) is 4.55. The van der Waals surface area contributed by atoms with Crippen molar-refractivity contribution in [3.63, 3.8) is 0 Å². The third-order valence-corrected chi connectivity index (χ3v) is 3.80. The molecular formula is C13H27N3O2. The van der Waals surface area contributed by atoms with Crippen molar-refractivity contribution in [2.75, 3.05) is 39.8 Å². The normalized spacial score (nSPS) is 20.8. The lowest BCUT2D eigenvalue weighted by Crippen LogP contribution is -2.52. The molecular weight excluding hydrogens is 230 g/mol. The van der Waals surface area contributed by atoms with E-state index < -0.39 is 0 Å². The van der Waals surface area contributed by atoms with Crippen LogP contribution in [0.25, 0.3) is 0 Å². The highest BCUT2D eigenvalue weighted by Gasteiger charge is 2.23. The molecule has 2 N–H and O–H groups in total. The summed E-state index contributed by atoms with van der Waals surface area (Å²) in [6, 6.07) is 0.413. The molecule has 1 rings (SSSR count). The number of carbonyl (C=O) groups excluding carboxylic acids is 1. The molecule has 2 atom stereocenters. The van der Waals surface area contributed by atoms with E-state index in [-0.39, 0.29) is 12.0 Å². The van der Waals surface area contributed by atoms with Gasteiger partial charge in [-0.15, -0.1) is 0 Å². The second-order valence-electron chi connectivity index (χ2n) is 5.09. The van der Waals surface area contributed by atoms with Gasteiger partial charge in [0.1, 0.15) is 0 Å². The molecule has 5 nitrogen and oxygen atoms in total. The molecule has 0 spiro atoms. The van der Waals surface area contributed by atoms with Crippen molar-refractivity contribution in [1.29, 1.82) is 0 Å². The standard InChI is InChI=1S/C13H27N3O2/c1-11(10-14)15-6-8-16(9-7-15)13(17)5-4-12(2)18-3/h11-12H,4-10,14H2,1-3H3. The molecule has 2 unspecified atom stereocenters. The van der Waals surface area contributed by atoms with Crippen molar-refractivity contribution >= 4 is 5.91 Å². The van der Waals surface area contributed by atoms with Crippen LogP contribution in [0.4, 0.5) is 0 Å². The first-order valence-electron chi connectivity index (χ1n) is 6.83. The molecule has 0 bridgehead atoms. The highest BCUT2D eigenvalue weighted by atomic mass is 16.5. The van der Waals surface area contributed by atoms with Crippen LogP contribution in [0, 0.1) is 0 Å². The molecule has 0 aromatic carbocycles. The Bertz CT molecular complexity index is 253. The summed E-state index contributed by atoms with van der Waals surface area (Å²) >= 11 is 0. The van der Waals surface area contributed by atoms with Crippen LogP contribution in [0.3, 0.4) is 0 Å². The van der Waals surface area contributed by atoms with E-state index in [0.29, 0.717) is 19.0 Å². The fourth-order valence-electron chi connectivity index (χ4n) is 2.16. The fraction of sp³-hybridized carbons (Fsp3) is 0.923. The molecule has 1 amide bonds. The van der Waals surface area contributed by atoms with Gasteiger partial charge in [-0.2, -0.15) is 0 Å². The zero-order valence-electron chi connectivity index (χ0n) is 11.9. The Labute approximate surface area is 110 Å². The van der Waals surface area contributed by atoms with E-state index in [2.05, 4.69) is 11.8 Å². The van der Waals surface area contributed by atoms with Gasteiger partial charge in [-0.1, -0.05) is 0 Å². The minimum atomic E-state index is 0.160. The lowest BCUT2D eigenvalue weighted by Gasteiger charge is -2.37. The second kappa shape index (κ2) is 7.71. The smallest absolute Gasteiger partial charge is 0.222 e. The Morgan fingerprint density at radius 1 is 1.28 bits per heavy atom. The first-order chi connectivity index (χ1) is 8.58. The summed E-state index contributed by atoms with van der Waals surface area (Å²) in [6.45, 7) is 8.33. The lowest BCUT2D eigenvalue weighted by atomic mass is 10.1. The molecule has 5 heteroatoms. The van der Waals surface area contributed by atoms with Gasteiger partial charge in [0.05, 0.1) is 6.10 Å². The van der Waals surface area contributed by atoms with Crippen molar-refractivity contribution in [2.24, 2.45) is 5.73 Å². The summed E-state index contributed by atoms with van der Waals surface area (Å²) < 4.78 is 5.16. The molecule has 0 radical (unpaired) electrons. The average molecular weight is 257 g/mol. The Morgan fingerprint density at radius 3 is 2.39 bits per heavy atom. The van der Waals surface area contributed by atoms with Gasteiger partial charge in [-0.05, 0) is 20.3 Å². The van der Waals surface area contributed by atoms with Crippen LogP contribution in [-0.4, -0.2) is 67.7 Å². The molecule has 0 aromatic heterocycles. The first-order valence-corrected chi connectivity index (χ1v) is 6.83. The molecule has 1 saturated heterocycles. The van der Waals surface area contributed by atoms with Crippen molar-refractivity contribution < 1.29 is 9.53 Å². The number of amides is 1. The molecule has 1 aliphatic heterocycles. The van der Waals surface area contributed by atoms with Gasteiger partial charge in [-0.25, -0.2) is 0 Å². The Hall–Kier alpha value is -0.650. The predicted octanol–water partition coefficient (Wildman–Crippen LogP) is 0.293. The summed E-state index contributed by atoms with van der Waals surface area (Å²) in [5.41, 5.74) is 5.66. The average Bonchev–Trinajstić information content (AvgIpc) is 2.43. The maximum atomic E-state index is 12.0. The number of methoxy groups -OCH3 is 1. The fourth-order valence-corrected chi connectivity index (χ4v) is 2.16. The van der Waals surface area contributed by atoms with Gasteiger partial charge in [0.25, 0.3) is 0 Å². The highest BCUT2D eigenvalue weighted by Crippen LogP contribution is 2.09. The van der Waals surface area contributed by atoms with Crippen LogP contribution >= 0.6 is 0 Å². The molecule has 1 fully saturated rings. The van der Waals surface area contributed by atoms with Gasteiger partial charge in [0, 0.05) is 52.3 Å². The summed E-state index contributed by atoms with van der Waals surface area (Å²) in [6.07, 6.45) is 1.54. The van der Waals surface area contributed by atoms with Gasteiger partial charge < -0.3 is 15.4 Å². The van der Waals surface area contributed by atoms with Gasteiger partial charge in [0.15, 0.2) is 0 Å². The summed E-state index contributed by atoms with van der Waals surface area (Å²) in [5, 5.41) is 0. The Balaban J connectivity index is 2.27. The van der Waals surface area contributed by atoms with Crippen LogP contribution in [0.2, 0.25) is 0 Å². The minimum Gasteiger partial charge on any atom is -0.382 e. The predicted molar refractivity (Wildman–Crippen MR) is 72.4 cm³/mol. The number of nitrogens with zero attached hydrogens (tertiary/aromatic N) is 2. The topological polar surface area (TPSA) is 58.8 Å². The van der Waals surface area contributed by atoms with E-state index in [9.17, 15) is 4.79 Å². The summed E-state index contributed by atoms with van der Waals surface area (Å²) in [7, 11) is 1.68. The molecule has 0 aliphatic carbocycles. The zero-order chi connectivity index (χ0) is 13.5. The largest absolute Gasteiger partial charge is 0.382 e. The van der Waals surface area contributed by atoms with E-state index in [4.69, 9.17) is 10.5 Å². The van der Waals surface area contributed by atoms with Gasteiger partial charge in [0.2, 0.25) is 5.91 Å². The number of hydrogen-bond acceptors (Lipinski definition) is 4. The van der Waals surface area contributed by atoms with Crippen molar-refractivity contribution in [3.8, 4) is 0 Å². The summed E-state index contributed by atoms with van der Waals surface area (Å²) in [4.78, 5) is 16.3. The first kappa shape index (κ1) is 15.4. The monoisotopic (exact) mass is 257 g/mol. The number of ether oxygens (including phenoxy) is 1. The van der Waals surface area contributed by atoms with Crippen LogP contribution in [0.5, 0.6) is 0 Å². The molecule has 0 aromatic rings. The van der Waals surface area contributed by atoms with Crippen molar-refractivity contribution in [3.05, 3.63) is 0 Å². The van der Waals surface area contributed by atoms with Crippen LogP contribution < -0.4 is 5.73 Å². The van der Waals surface area contributed by atoms with Crippen LogP contribution in [-0.2, 0) is 9.53 Å². The SMILES string of the molecule is COC(C)CCC(=O)N1CCN(C(C)CN)CC1. The van der Waals surface area contributed by atoms with Crippen LogP contribution in [0.15, 0.2) is 0 Å². The molecule has 106 valence electrons. The second-order valence-corrected chi connectivity index (χ2v) is 5.09. The number of nitrogens with two attached hydrogens (primary N) is 1. The Kier molecular flexibility index (Phi) is 6.60. The maximum absolute atomic E-state index is 12.0. The van der Waals surface area contributed by atoms with Gasteiger partial charge >= 0.3 is 0 Å². The number of carbonyl (C=O) groups is 1. The van der Waals surface area contributed by atoms with Crippen LogP contribution in [0.1, 0.15) is 26.7 Å². The minimum absolute atomic E-state index is 0.160. The van der Waals surface area contributed by atoms with E-state index >= 15 is 0 Å². The highest BCUT2D eigenvalue weighted by molar-refractivity contribution is 5.76. The van der Waals surface area contributed by atoms with E-state index in [0.717, 1.165) is 32.6 Å². The Morgan fingerprint density at radius 2 is 1.89 bits per heavy atom. The zero-order valence-corrected chi connectivity index (χ0v) is 11.9. The molecule has 1 aliphatic rings. The van der Waals surface area contributed by atoms with Crippen molar-refractivity contribution in [2.45, 2.75) is 38.8 Å². The van der Waals surface area contributed by atoms with E-state index in [1.807, 2.05) is 11.8 Å². The number of piperazine rings is 1. The molecule has 18 heavy (non-hydrogen) atoms. The quantitative estimate of drug-likeness (QED) is 0.743. The van der Waals surface area contributed by atoms with Crippen molar-refractivity contribution in [1.82, 2.24) is 9.80 Å².